The molecule has 3 aromatic rings. The standard InChI is InChI=1S/C18H15ClN2O2/c1-12-10-13-4-2-3-5-16(13)21(18(12)23)11-17(22)20-15-8-6-14(19)7-9-15/h2-10H,11H2,1H3,(H,20,22). The zero-order chi connectivity index (χ0) is 16.4. The number of halogens is 1. The van der Waals surface area contributed by atoms with Gasteiger partial charge in [-0.25, -0.2) is 0 Å². The number of amides is 1. The number of aromatic nitrogens is 1. The number of anilines is 1. The van der Waals surface area contributed by atoms with Crippen molar-refractivity contribution in [1.82, 2.24) is 4.57 Å². The van der Waals surface area contributed by atoms with E-state index in [1.54, 1.807) is 31.2 Å². The van der Waals surface area contributed by atoms with Crippen LogP contribution in [0.5, 0.6) is 0 Å². The molecule has 0 saturated heterocycles. The Morgan fingerprint density at radius 1 is 1.13 bits per heavy atom. The number of nitrogens with zero attached hydrogens (tertiary/aromatic N) is 1. The van der Waals surface area contributed by atoms with Crippen LogP contribution in [0.2, 0.25) is 5.02 Å². The van der Waals surface area contributed by atoms with Crippen LogP contribution in [0.4, 0.5) is 5.69 Å². The first kappa shape index (κ1) is 15.3. The number of hydrogen-bond acceptors (Lipinski definition) is 2. The zero-order valence-corrected chi connectivity index (χ0v) is 13.3. The highest BCUT2D eigenvalue weighted by molar-refractivity contribution is 6.30. The molecule has 0 spiro atoms. The SMILES string of the molecule is Cc1cc2ccccc2n(CC(=O)Nc2ccc(Cl)cc2)c1=O. The van der Waals surface area contributed by atoms with Gasteiger partial charge in [-0.15, -0.1) is 0 Å². The minimum absolute atomic E-state index is 0.0380. The van der Waals surface area contributed by atoms with Crippen LogP contribution in [0.3, 0.4) is 0 Å². The van der Waals surface area contributed by atoms with Crippen molar-refractivity contribution < 1.29 is 4.79 Å². The minimum Gasteiger partial charge on any atom is -0.325 e. The molecule has 0 radical (unpaired) electrons. The lowest BCUT2D eigenvalue weighted by Gasteiger charge is -2.12. The third-order valence-electron chi connectivity index (χ3n) is 3.61. The lowest BCUT2D eigenvalue weighted by molar-refractivity contribution is -0.116. The molecule has 0 bridgehead atoms. The maximum Gasteiger partial charge on any atom is 0.254 e. The van der Waals surface area contributed by atoms with Gasteiger partial charge in [0.2, 0.25) is 5.91 Å². The summed E-state index contributed by atoms with van der Waals surface area (Å²) < 4.78 is 1.50. The summed E-state index contributed by atoms with van der Waals surface area (Å²) in [4.78, 5) is 24.7. The van der Waals surface area contributed by atoms with Crippen LogP contribution in [0.25, 0.3) is 10.9 Å². The van der Waals surface area contributed by atoms with Crippen molar-refractivity contribution in [3.8, 4) is 0 Å². The Morgan fingerprint density at radius 2 is 1.83 bits per heavy atom. The molecule has 5 heteroatoms. The van der Waals surface area contributed by atoms with E-state index in [-0.39, 0.29) is 18.0 Å². The number of nitrogens with one attached hydrogen (secondary N) is 1. The van der Waals surface area contributed by atoms with Crippen molar-refractivity contribution in [2.24, 2.45) is 0 Å². The van der Waals surface area contributed by atoms with Gasteiger partial charge in [0.05, 0.1) is 5.52 Å². The van der Waals surface area contributed by atoms with Crippen LogP contribution in [0.1, 0.15) is 5.56 Å². The third-order valence-corrected chi connectivity index (χ3v) is 3.86. The summed E-state index contributed by atoms with van der Waals surface area (Å²) in [5.74, 6) is -0.259. The molecule has 1 amide bonds. The van der Waals surface area contributed by atoms with Crippen molar-refractivity contribution in [1.29, 1.82) is 0 Å². The zero-order valence-electron chi connectivity index (χ0n) is 12.5. The van der Waals surface area contributed by atoms with Gasteiger partial charge in [0.15, 0.2) is 0 Å². The highest BCUT2D eigenvalue weighted by Crippen LogP contribution is 2.15. The van der Waals surface area contributed by atoms with Gasteiger partial charge >= 0.3 is 0 Å². The molecule has 0 saturated carbocycles. The monoisotopic (exact) mass is 326 g/mol. The lowest BCUT2D eigenvalue weighted by atomic mass is 10.1. The smallest absolute Gasteiger partial charge is 0.254 e. The van der Waals surface area contributed by atoms with E-state index < -0.39 is 0 Å². The highest BCUT2D eigenvalue weighted by Gasteiger charge is 2.10. The number of rotatable bonds is 3. The van der Waals surface area contributed by atoms with Crippen molar-refractivity contribution in [3.63, 3.8) is 0 Å². The predicted molar refractivity (Wildman–Crippen MR) is 93.0 cm³/mol. The fourth-order valence-corrected chi connectivity index (χ4v) is 2.63. The van der Waals surface area contributed by atoms with E-state index in [1.807, 2.05) is 30.3 Å². The maximum atomic E-state index is 12.4. The number of carbonyl (C=O) groups is 1. The molecule has 2 aromatic carbocycles. The normalized spacial score (nSPS) is 10.7. The molecule has 0 atom stereocenters. The lowest BCUT2D eigenvalue weighted by Crippen LogP contribution is -2.29. The predicted octanol–water partition coefficient (Wildman–Crippen LogP) is 3.60. The molecule has 0 aliphatic carbocycles. The van der Waals surface area contributed by atoms with Crippen LogP contribution in [0.15, 0.2) is 59.4 Å². The molecular formula is C18H15ClN2O2. The fraction of sp³-hybridized carbons (Fsp3) is 0.111. The summed E-state index contributed by atoms with van der Waals surface area (Å²) in [5.41, 5.74) is 1.84. The van der Waals surface area contributed by atoms with E-state index in [9.17, 15) is 9.59 Å². The molecule has 4 nitrogen and oxygen atoms in total. The Hall–Kier alpha value is -2.59. The second kappa shape index (κ2) is 6.26. The topological polar surface area (TPSA) is 51.1 Å². The number of hydrogen-bond donors (Lipinski definition) is 1. The molecular weight excluding hydrogens is 312 g/mol. The molecule has 1 heterocycles. The van der Waals surface area contributed by atoms with E-state index in [0.717, 1.165) is 10.9 Å². The van der Waals surface area contributed by atoms with Crippen LogP contribution in [-0.4, -0.2) is 10.5 Å². The van der Waals surface area contributed by atoms with Crippen molar-refractivity contribution in [3.05, 3.63) is 75.5 Å². The molecule has 0 unspecified atom stereocenters. The quantitative estimate of drug-likeness (QED) is 0.799. The van der Waals surface area contributed by atoms with Crippen LogP contribution in [0, 0.1) is 6.92 Å². The molecule has 116 valence electrons. The highest BCUT2D eigenvalue weighted by atomic mass is 35.5. The summed E-state index contributed by atoms with van der Waals surface area (Å²) in [7, 11) is 0. The maximum absolute atomic E-state index is 12.4. The summed E-state index contributed by atoms with van der Waals surface area (Å²) in [5, 5.41) is 4.31. The molecule has 23 heavy (non-hydrogen) atoms. The van der Waals surface area contributed by atoms with E-state index in [1.165, 1.54) is 4.57 Å². The Balaban J connectivity index is 1.91. The van der Waals surface area contributed by atoms with E-state index >= 15 is 0 Å². The van der Waals surface area contributed by atoms with Crippen LogP contribution < -0.4 is 10.9 Å². The Bertz CT molecular complexity index is 930. The molecule has 0 aliphatic heterocycles. The number of pyridine rings is 1. The van der Waals surface area contributed by atoms with E-state index in [4.69, 9.17) is 11.6 Å². The second-order valence-electron chi connectivity index (χ2n) is 5.33. The third kappa shape index (κ3) is 3.27. The Morgan fingerprint density at radius 3 is 2.57 bits per heavy atom. The van der Waals surface area contributed by atoms with Gasteiger partial charge in [-0.05, 0) is 48.7 Å². The molecule has 3 rings (SSSR count). The van der Waals surface area contributed by atoms with Crippen molar-refractivity contribution in [2.45, 2.75) is 13.5 Å². The van der Waals surface area contributed by atoms with Gasteiger partial charge in [0.25, 0.3) is 5.56 Å². The van der Waals surface area contributed by atoms with Gasteiger partial charge in [0, 0.05) is 16.3 Å². The average molecular weight is 327 g/mol. The minimum atomic E-state index is -0.259. The Labute approximate surface area is 138 Å². The summed E-state index contributed by atoms with van der Waals surface area (Å²) in [6.45, 7) is 1.71. The molecule has 1 N–H and O–H groups in total. The second-order valence-corrected chi connectivity index (χ2v) is 5.77. The molecule has 0 aliphatic rings. The number of aryl methyl sites for hydroxylation is 1. The fourth-order valence-electron chi connectivity index (χ4n) is 2.51. The first-order valence-electron chi connectivity index (χ1n) is 7.19. The van der Waals surface area contributed by atoms with Crippen LogP contribution in [-0.2, 0) is 11.3 Å². The summed E-state index contributed by atoms with van der Waals surface area (Å²) >= 11 is 5.82. The van der Waals surface area contributed by atoms with E-state index in [2.05, 4.69) is 5.32 Å². The van der Waals surface area contributed by atoms with Gasteiger partial charge in [0.1, 0.15) is 6.54 Å². The molecule has 1 aromatic heterocycles. The number of benzene rings is 2. The largest absolute Gasteiger partial charge is 0.325 e. The number of fused-ring (bicyclic) bond motifs is 1. The van der Waals surface area contributed by atoms with Gasteiger partial charge in [-0.2, -0.15) is 0 Å². The van der Waals surface area contributed by atoms with Crippen LogP contribution >= 0.6 is 11.6 Å². The summed E-state index contributed by atoms with van der Waals surface area (Å²) in [6.07, 6.45) is 0. The van der Waals surface area contributed by atoms with Crippen molar-refractivity contribution >= 4 is 34.1 Å². The van der Waals surface area contributed by atoms with Crippen molar-refractivity contribution in [2.75, 3.05) is 5.32 Å². The van der Waals surface area contributed by atoms with Gasteiger partial charge in [-0.1, -0.05) is 29.8 Å². The van der Waals surface area contributed by atoms with Gasteiger partial charge < -0.3 is 5.32 Å². The Kier molecular flexibility index (Phi) is 4.17. The first-order chi connectivity index (χ1) is 11.0. The number of para-hydroxylation sites is 1. The first-order valence-corrected chi connectivity index (χ1v) is 7.57. The van der Waals surface area contributed by atoms with Gasteiger partial charge in [-0.3, -0.25) is 14.2 Å². The molecule has 0 fully saturated rings. The number of carbonyl (C=O) groups excluding carboxylic acids is 1. The summed E-state index contributed by atoms with van der Waals surface area (Å²) in [6, 6.07) is 16.2. The van der Waals surface area contributed by atoms with E-state index in [0.29, 0.717) is 16.3 Å². The average Bonchev–Trinajstić information content (AvgIpc) is 2.54.